The van der Waals surface area contributed by atoms with Crippen molar-refractivity contribution in [3.63, 3.8) is 0 Å². The number of rotatable bonds is 8. The van der Waals surface area contributed by atoms with Gasteiger partial charge in [0, 0.05) is 25.7 Å². The lowest BCUT2D eigenvalue weighted by molar-refractivity contribution is 0.575. The number of aryl methyl sites for hydroxylation is 1. The highest BCUT2D eigenvalue weighted by Gasteiger charge is 2.19. The molecule has 0 aliphatic carbocycles. The van der Waals surface area contributed by atoms with Crippen LogP contribution >= 0.6 is 0 Å². The molecular formula is C12H18N6O2S. The van der Waals surface area contributed by atoms with Crippen molar-refractivity contribution in [2.75, 3.05) is 18.4 Å². The molecular weight excluding hydrogens is 292 g/mol. The van der Waals surface area contributed by atoms with Crippen molar-refractivity contribution in [1.29, 1.82) is 0 Å². The topological polar surface area (TPSA) is 113 Å². The number of nitrogens with one attached hydrogen (secondary N) is 3. The summed E-state index contributed by atoms with van der Waals surface area (Å²) in [5, 5.41) is 9.48. The maximum Gasteiger partial charge on any atom is 0.260 e. The van der Waals surface area contributed by atoms with Crippen LogP contribution in [0.3, 0.4) is 0 Å². The van der Waals surface area contributed by atoms with Crippen molar-refractivity contribution in [2.24, 2.45) is 0 Å². The lowest BCUT2D eigenvalue weighted by Gasteiger charge is -2.10. The summed E-state index contributed by atoms with van der Waals surface area (Å²) in [6.07, 6.45) is 4.14. The van der Waals surface area contributed by atoms with Crippen LogP contribution in [0.4, 0.5) is 5.69 Å². The van der Waals surface area contributed by atoms with Crippen LogP contribution in [0.1, 0.15) is 19.2 Å². The molecule has 0 fully saturated rings. The molecule has 2 aromatic heterocycles. The van der Waals surface area contributed by atoms with Crippen molar-refractivity contribution in [1.82, 2.24) is 24.9 Å². The minimum absolute atomic E-state index is 0.0199. The molecule has 0 saturated carbocycles. The zero-order valence-electron chi connectivity index (χ0n) is 11.7. The molecule has 8 nitrogen and oxygen atoms in total. The summed E-state index contributed by atoms with van der Waals surface area (Å²) in [6, 6.07) is 3.39. The van der Waals surface area contributed by atoms with Gasteiger partial charge in [-0.05, 0) is 25.5 Å². The number of hydrogen-bond donors (Lipinski definition) is 3. The van der Waals surface area contributed by atoms with E-state index < -0.39 is 10.0 Å². The predicted molar refractivity (Wildman–Crippen MR) is 78.3 cm³/mol. The zero-order chi connectivity index (χ0) is 15.1. The first kappa shape index (κ1) is 15.4. The van der Waals surface area contributed by atoms with Crippen LogP contribution in [0, 0.1) is 0 Å². The Labute approximate surface area is 123 Å². The van der Waals surface area contributed by atoms with E-state index in [-0.39, 0.29) is 5.03 Å². The number of pyridine rings is 1. The Kier molecular flexibility index (Phi) is 5.23. The van der Waals surface area contributed by atoms with Crippen molar-refractivity contribution in [2.45, 2.75) is 24.8 Å². The Hall–Kier alpha value is -2.00. The summed E-state index contributed by atoms with van der Waals surface area (Å²) < 4.78 is 27.0. The van der Waals surface area contributed by atoms with Gasteiger partial charge in [0.15, 0.2) is 5.03 Å². The molecule has 0 aliphatic rings. The second-order valence-corrected chi connectivity index (χ2v) is 6.00. The van der Waals surface area contributed by atoms with E-state index in [2.05, 4.69) is 30.2 Å². The average Bonchev–Trinajstić information content (AvgIpc) is 2.98. The SMILES string of the molecule is CCNc1cccnc1S(=O)(=O)NCCCc1ncn[nH]1. The van der Waals surface area contributed by atoms with Crippen molar-refractivity contribution >= 4 is 15.7 Å². The Bertz CT molecular complexity index is 656. The second-order valence-electron chi connectivity index (χ2n) is 4.32. The van der Waals surface area contributed by atoms with Gasteiger partial charge in [-0.15, -0.1) is 0 Å². The zero-order valence-corrected chi connectivity index (χ0v) is 12.5. The lowest BCUT2D eigenvalue weighted by Crippen LogP contribution is -2.27. The van der Waals surface area contributed by atoms with Crippen LogP contribution in [-0.2, 0) is 16.4 Å². The first-order chi connectivity index (χ1) is 10.1. The first-order valence-electron chi connectivity index (χ1n) is 6.66. The molecule has 0 spiro atoms. The van der Waals surface area contributed by atoms with Gasteiger partial charge in [0.2, 0.25) is 0 Å². The number of hydrogen-bond acceptors (Lipinski definition) is 6. The van der Waals surface area contributed by atoms with Crippen LogP contribution in [0.15, 0.2) is 29.7 Å². The van der Waals surface area contributed by atoms with E-state index in [1.165, 1.54) is 12.5 Å². The quantitative estimate of drug-likeness (QED) is 0.614. The first-order valence-corrected chi connectivity index (χ1v) is 8.14. The minimum Gasteiger partial charge on any atom is -0.383 e. The van der Waals surface area contributed by atoms with Gasteiger partial charge >= 0.3 is 0 Å². The number of aromatic nitrogens is 4. The van der Waals surface area contributed by atoms with E-state index >= 15 is 0 Å². The molecule has 21 heavy (non-hydrogen) atoms. The Balaban J connectivity index is 1.95. The molecule has 0 aliphatic heterocycles. The highest BCUT2D eigenvalue weighted by atomic mass is 32.2. The molecule has 0 bridgehead atoms. The molecule has 2 aromatic rings. The maximum atomic E-state index is 12.2. The fourth-order valence-corrected chi connectivity index (χ4v) is 2.99. The lowest BCUT2D eigenvalue weighted by atomic mass is 10.3. The third-order valence-electron chi connectivity index (χ3n) is 2.74. The van der Waals surface area contributed by atoms with Crippen molar-refractivity contribution < 1.29 is 8.42 Å². The molecule has 9 heteroatoms. The van der Waals surface area contributed by atoms with Gasteiger partial charge in [-0.2, -0.15) is 5.10 Å². The Morgan fingerprint density at radius 1 is 1.33 bits per heavy atom. The summed E-state index contributed by atoms with van der Waals surface area (Å²) >= 11 is 0. The average molecular weight is 310 g/mol. The van der Waals surface area contributed by atoms with E-state index in [9.17, 15) is 8.42 Å². The van der Waals surface area contributed by atoms with E-state index in [1.54, 1.807) is 12.1 Å². The number of aromatic amines is 1. The maximum absolute atomic E-state index is 12.2. The summed E-state index contributed by atoms with van der Waals surface area (Å²) in [4.78, 5) is 7.94. The predicted octanol–water partition coefficient (Wildman–Crippen LogP) is 0.543. The van der Waals surface area contributed by atoms with Gasteiger partial charge in [-0.1, -0.05) is 0 Å². The Morgan fingerprint density at radius 3 is 2.90 bits per heavy atom. The molecule has 0 aromatic carbocycles. The normalized spacial score (nSPS) is 11.5. The number of sulfonamides is 1. The second kappa shape index (κ2) is 7.14. The smallest absolute Gasteiger partial charge is 0.260 e. The molecule has 0 amide bonds. The van der Waals surface area contributed by atoms with E-state index in [0.29, 0.717) is 31.6 Å². The molecule has 3 N–H and O–H groups in total. The summed E-state index contributed by atoms with van der Waals surface area (Å²) in [6.45, 7) is 2.83. The van der Waals surface area contributed by atoms with Gasteiger partial charge in [-0.3, -0.25) is 5.10 Å². The minimum atomic E-state index is -3.62. The fraction of sp³-hybridized carbons (Fsp3) is 0.417. The van der Waals surface area contributed by atoms with Gasteiger partial charge in [-0.25, -0.2) is 23.1 Å². The third-order valence-corrected chi connectivity index (χ3v) is 4.16. The van der Waals surface area contributed by atoms with Crippen molar-refractivity contribution in [3.05, 3.63) is 30.5 Å². The van der Waals surface area contributed by atoms with Gasteiger partial charge < -0.3 is 5.32 Å². The molecule has 114 valence electrons. The number of H-pyrrole nitrogens is 1. The highest BCUT2D eigenvalue weighted by molar-refractivity contribution is 7.89. The summed E-state index contributed by atoms with van der Waals surface area (Å²) in [7, 11) is -3.62. The van der Waals surface area contributed by atoms with E-state index in [1.807, 2.05) is 6.92 Å². The molecule has 0 radical (unpaired) electrons. The molecule has 2 rings (SSSR count). The Morgan fingerprint density at radius 2 is 2.19 bits per heavy atom. The van der Waals surface area contributed by atoms with Crippen LogP contribution in [0.2, 0.25) is 0 Å². The van der Waals surface area contributed by atoms with Gasteiger partial charge in [0.05, 0.1) is 5.69 Å². The highest BCUT2D eigenvalue weighted by Crippen LogP contribution is 2.17. The summed E-state index contributed by atoms with van der Waals surface area (Å²) in [5.74, 6) is 0.736. The standard InChI is InChI=1S/C12H18N6O2S/c1-2-13-10-5-3-7-14-12(10)21(19,20)17-8-4-6-11-15-9-16-18-11/h3,5,7,9,13,17H,2,4,6,8H2,1H3,(H,15,16,18). The van der Waals surface area contributed by atoms with Crippen molar-refractivity contribution in [3.8, 4) is 0 Å². The molecule has 0 saturated heterocycles. The third kappa shape index (κ3) is 4.23. The summed E-state index contributed by atoms with van der Waals surface area (Å²) in [5.41, 5.74) is 0.503. The number of nitrogens with zero attached hydrogens (tertiary/aromatic N) is 3. The number of anilines is 1. The van der Waals surface area contributed by atoms with E-state index in [4.69, 9.17) is 0 Å². The van der Waals surface area contributed by atoms with Gasteiger partial charge in [0.1, 0.15) is 12.2 Å². The van der Waals surface area contributed by atoms with E-state index in [0.717, 1.165) is 5.82 Å². The largest absolute Gasteiger partial charge is 0.383 e. The van der Waals surface area contributed by atoms with Crippen LogP contribution in [0.25, 0.3) is 0 Å². The molecule has 0 atom stereocenters. The monoisotopic (exact) mass is 310 g/mol. The van der Waals surface area contributed by atoms with Crippen LogP contribution in [0.5, 0.6) is 0 Å². The van der Waals surface area contributed by atoms with Crippen LogP contribution < -0.4 is 10.0 Å². The molecule has 2 heterocycles. The van der Waals surface area contributed by atoms with Crippen LogP contribution in [-0.4, -0.2) is 41.7 Å². The molecule has 0 unspecified atom stereocenters. The van der Waals surface area contributed by atoms with Gasteiger partial charge in [0.25, 0.3) is 10.0 Å². The fourth-order valence-electron chi connectivity index (χ4n) is 1.81.